The number of nitrogens with zero attached hydrogens (tertiary/aromatic N) is 2. The van der Waals surface area contributed by atoms with E-state index in [0.29, 0.717) is 28.3 Å². The molecule has 22 heavy (non-hydrogen) atoms. The predicted molar refractivity (Wildman–Crippen MR) is 83.1 cm³/mol. The topological polar surface area (TPSA) is 85.1 Å². The zero-order chi connectivity index (χ0) is 15.5. The molecule has 0 radical (unpaired) electrons. The van der Waals surface area contributed by atoms with Crippen LogP contribution in [0.15, 0.2) is 53.1 Å². The van der Waals surface area contributed by atoms with Crippen LogP contribution in [0.1, 0.15) is 5.56 Å². The van der Waals surface area contributed by atoms with Crippen LogP contribution in [0.5, 0.6) is 5.75 Å². The lowest BCUT2D eigenvalue weighted by Gasteiger charge is -2.11. The van der Waals surface area contributed by atoms with Gasteiger partial charge in [-0.3, -0.25) is 0 Å². The van der Waals surface area contributed by atoms with E-state index in [1.54, 1.807) is 31.6 Å². The van der Waals surface area contributed by atoms with Crippen LogP contribution in [0.3, 0.4) is 0 Å². The smallest absolute Gasteiger partial charge is 0.142 e. The van der Waals surface area contributed by atoms with Crippen molar-refractivity contribution in [2.75, 3.05) is 12.8 Å². The first-order chi connectivity index (χ1) is 10.7. The fourth-order valence-electron chi connectivity index (χ4n) is 2.30. The summed E-state index contributed by atoms with van der Waals surface area (Å²) >= 11 is 0. The van der Waals surface area contributed by atoms with Gasteiger partial charge in [-0.15, -0.1) is 0 Å². The largest absolute Gasteiger partial charge is 0.496 e. The number of aromatic nitrogens is 1. The van der Waals surface area contributed by atoms with Gasteiger partial charge in [-0.25, -0.2) is 4.98 Å². The number of methoxy groups -OCH3 is 1. The van der Waals surface area contributed by atoms with Gasteiger partial charge >= 0.3 is 0 Å². The molecular formula is C17H13N3O2. The lowest BCUT2D eigenvalue weighted by Crippen LogP contribution is -2.00. The fourth-order valence-corrected chi connectivity index (χ4v) is 2.30. The molecule has 2 aromatic heterocycles. The Morgan fingerprint density at radius 1 is 1.18 bits per heavy atom. The molecule has 3 aromatic rings. The van der Waals surface area contributed by atoms with Gasteiger partial charge in [0.25, 0.3) is 0 Å². The number of para-hydroxylation sites is 1. The normalized spacial score (nSPS) is 10.2. The number of furan rings is 1. The van der Waals surface area contributed by atoms with Crippen LogP contribution in [0.2, 0.25) is 0 Å². The van der Waals surface area contributed by atoms with Crippen molar-refractivity contribution in [1.82, 2.24) is 4.98 Å². The minimum Gasteiger partial charge on any atom is -0.496 e. The lowest BCUT2D eigenvalue weighted by molar-refractivity contribution is 0.416. The Balaban J connectivity index is 2.25. The standard InChI is InChI=1S/C17H13N3O2/c1-21-15-6-3-2-5-11(15)14-9-12(16-7-4-8-22-16)13(10-18)17(19)20-14/h2-9H,1H3,(H2,19,20). The number of rotatable bonds is 3. The molecular weight excluding hydrogens is 278 g/mol. The Labute approximate surface area is 127 Å². The Bertz CT molecular complexity index is 849. The Morgan fingerprint density at radius 3 is 2.68 bits per heavy atom. The quantitative estimate of drug-likeness (QED) is 0.798. The second kappa shape index (κ2) is 5.62. The van der Waals surface area contributed by atoms with E-state index in [1.165, 1.54) is 0 Å². The Kier molecular flexibility index (Phi) is 3.50. The number of hydrogen-bond donors (Lipinski definition) is 1. The van der Waals surface area contributed by atoms with Crippen LogP contribution in [0.4, 0.5) is 5.82 Å². The third-order valence-corrected chi connectivity index (χ3v) is 3.33. The van der Waals surface area contributed by atoms with Crippen molar-refractivity contribution in [2.45, 2.75) is 0 Å². The second-order valence-electron chi connectivity index (χ2n) is 4.60. The highest BCUT2D eigenvalue weighted by atomic mass is 16.5. The van der Waals surface area contributed by atoms with Crippen molar-refractivity contribution in [3.05, 3.63) is 54.3 Å². The maximum Gasteiger partial charge on any atom is 0.142 e. The van der Waals surface area contributed by atoms with Crippen molar-refractivity contribution < 1.29 is 9.15 Å². The summed E-state index contributed by atoms with van der Waals surface area (Å²) in [7, 11) is 1.60. The number of nitrogen functional groups attached to an aromatic ring is 1. The summed E-state index contributed by atoms with van der Waals surface area (Å²) in [6.07, 6.45) is 1.55. The molecule has 0 aliphatic heterocycles. The number of benzene rings is 1. The first kappa shape index (κ1) is 13.7. The fraction of sp³-hybridized carbons (Fsp3) is 0.0588. The van der Waals surface area contributed by atoms with Gasteiger partial charge in [0, 0.05) is 11.1 Å². The van der Waals surface area contributed by atoms with Gasteiger partial charge in [0.05, 0.1) is 19.1 Å². The van der Waals surface area contributed by atoms with Gasteiger partial charge in [-0.05, 0) is 30.3 Å². The van der Waals surface area contributed by atoms with Crippen molar-refractivity contribution in [2.24, 2.45) is 0 Å². The van der Waals surface area contributed by atoms with Crippen molar-refractivity contribution in [1.29, 1.82) is 5.26 Å². The Morgan fingerprint density at radius 2 is 2.00 bits per heavy atom. The predicted octanol–water partition coefficient (Wildman–Crippen LogP) is 3.47. The molecule has 0 bridgehead atoms. The van der Waals surface area contributed by atoms with Crippen LogP contribution >= 0.6 is 0 Å². The highest BCUT2D eigenvalue weighted by molar-refractivity contribution is 5.79. The Hall–Kier alpha value is -3.26. The van der Waals surface area contributed by atoms with E-state index in [-0.39, 0.29) is 5.82 Å². The monoisotopic (exact) mass is 291 g/mol. The molecule has 0 saturated carbocycles. The van der Waals surface area contributed by atoms with Gasteiger partial charge in [0.2, 0.25) is 0 Å². The summed E-state index contributed by atoms with van der Waals surface area (Å²) in [4.78, 5) is 4.33. The van der Waals surface area contributed by atoms with Crippen molar-refractivity contribution in [3.63, 3.8) is 0 Å². The van der Waals surface area contributed by atoms with E-state index in [1.807, 2.05) is 24.3 Å². The molecule has 5 nitrogen and oxygen atoms in total. The number of pyridine rings is 1. The average Bonchev–Trinajstić information content (AvgIpc) is 3.08. The molecule has 0 aliphatic carbocycles. The van der Waals surface area contributed by atoms with Gasteiger partial charge in [-0.2, -0.15) is 5.26 Å². The molecule has 2 heterocycles. The van der Waals surface area contributed by atoms with Gasteiger partial charge in [0.1, 0.15) is 29.0 Å². The lowest BCUT2D eigenvalue weighted by atomic mass is 10.0. The number of anilines is 1. The second-order valence-corrected chi connectivity index (χ2v) is 4.60. The maximum atomic E-state index is 9.32. The van der Waals surface area contributed by atoms with Gasteiger partial charge < -0.3 is 14.9 Å². The zero-order valence-corrected chi connectivity index (χ0v) is 11.9. The molecule has 0 fully saturated rings. The molecule has 0 aliphatic rings. The minimum absolute atomic E-state index is 0.164. The maximum absolute atomic E-state index is 9.32. The number of ether oxygens (including phenoxy) is 1. The van der Waals surface area contributed by atoms with Gasteiger partial charge in [0.15, 0.2) is 0 Å². The van der Waals surface area contributed by atoms with Crippen LogP contribution in [-0.2, 0) is 0 Å². The summed E-state index contributed by atoms with van der Waals surface area (Å²) in [5, 5.41) is 9.32. The van der Waals surface area contributed by atoms with E-state index in [2.05, 4.69) is 11.1 Å². The summed E-state index contributed by atoms with van der Waals surface area (Å²) in [6, 6.07) is 14.9. The SMILES string of the molecule is COc1ccccc1-c1cc(-c2ccco2)c(C#N)c(N)n1. The van der Waals surface area contributed by atoms with E-state index >= 15 is 0 Å². The number of nitrogens with two attached hydrogens (primary N) is 1. The van der Waals surface area contributed by atoms with Crippen molar-refractivity contribution in [3.8, 4) is 34.4 Å². The molecule has 0 unspecified atom stereocenters. The highest BCUT2D eigenvalue weighted by Gasteiger charge is 2.16. The molecule has 108 valence electrons. The molecule has 5 heteroatoms. The third kappa shape index (κ3) is 2.27. The van der Waals surface area contributed by atoms with Crippen molar-refractivity contribution >= 4 is 5.82 Å². The average molecular weight is 291 g/mol. The molecule has 0 spiro atoms. The van der Waals surface area contributed by atoms with E-state index in [0.717, 1.165) is 5.56 Å². The minimum atomic E-state index is 0.164. The van der Waals surface area contributed by atoms with E-state index in [9.17, 15) is 5.26 Å². The number of hydrogen-bond acceptors (Lipinski definition) is 5. The van der Waals surface area contributed by atoms with Crippen LogP contribution in [-0.4, -0.2) is 12.1 Å². The zero-order valence-electron chi connectivity index (χ0n) is 11.9. The first-order valence-electron chi connectivity index (χ1n) is 6.62. The summed E-state index contributed by atoms with van der Waals surface area (Å²) in [5.41, 5.74) is 8.29. The van der Waals surface area contributed by atoms with Crippen LogP contribution in [0.25, 0.3) is 22.6 Å². The van der Waals surface area contributed by atoms with Gasteiger partial charge in [-0.1, -0.05) is 12.1 Å². The molecule has 2 N–H and O–H groups in total. The summed E-state index contributed by atoms with van der Waals surface area (Å²) in [6.45, 7) is 0. The highest BCUT2D eigenvalue weighted by Crippen LogP contribution is 2.34. The van der Waals surface area contributed by atoms with E-state index < -0.39 is 0 Å². The van der Waals surface area contributed by atoms with E-state index in [4.69, 9.17) is 14.9 Å². The third-order valence-electron chi connectivity index (χ3n) is 3.33. The number of nitriles is 1. The molecule has 0 saturated heterocycles. The molecule has 3 rings (SSSR count). The van der Waals surface area contributed by atoms with Crippen LogP contribution in [0, 0.1) is 11.3 Å². The van der Waals surface area contributed by atoms with Crippen LogP contribution < -0.4 is 10.5 Å². The first-order valence-corrected chi connectivity index (χ1v) is 6.62. The molecule has 0 atom stereocenters. The molecule has 0 amide bonds. The summed E-state index contributed by atoms with van der Waals surface area (Å²) < 4.78 is 10.8. The molecule has 1 aromatic carbocycles. The summed E-state index contributed by atoms with van der Waals surface area (Å²) in [5.74, 6) is 1.42.